The summed E-state index contributed by atoms with van der Waals surface area (Å²) in [5.74, 6) is -0.242. The molecule has 19 heavy (non-hydrogen) atoms. The van der Waals surface area contributed by atoms with Crippen LogP contribution < -0.4 is 11.1 Å². The van der Waals surface area contributed by atoms with E-state index in [-0.39, 0.29) is 5.91 Å². The van der Waals surface area contributed by atoms with Crippen molar-refractivity contribution >= 4 is 39.0 Å². The standard InChI is InChI=1S/C13H10N4OS/c14-9-10-13(16-7-6-15-10)19-11(9)12(18)17-8-4-2-1-3-5-8/h1-7H,14H2,(H,17,18). The fourth-order valence-electron chi connectivity index (χ4n) is 1.72. The van der Waals surface area contributed by atoms with E-state index in [1.165, 1.54) is 11.3 Å². The van der Waals surface area contributed by atoms with Gasteiger partial charge in [0.2, 0.25) is 0 Å². The maximum atomic E-state index is 12.2. The highest BCUT2D eigenvalue weighted by Gasteiger charge is 2.17. The molecule has 5 nitrogen and oxygen atoms in total. The third-order valence-electron chi connectivity index (χ3n) is 2.60. The van der Waals surface area contributed by atoms with Crippen molar-refractivity contribution in [2.75, 3.05) is 11.1 Å². The number of rotatable bonds is 2. The maximum absolute atomic E-state index is 12.2. The molecule has 94 valence electrons. The van der Waals surface area contributed by atoms with E-state index in [2.05, 4.69) is 15.3 Å². The van der Waals surface area contributed by atoms with Crippen molar-refractivity contribution < 1.29 is 4.79 Å². The molecule has 2 aromatic heterocycles. The smallest absolute Gasteiger partial charge is 0.268 e. The highest BCUT2D eigenvalue weighted by molar-refractivity contribution is 7.21. The quantitative estimate of drug-likeness (QED) is 0.749. The number of nitrogens with one attached hydrogen (secondary N) is 1. The zero-order valence-electron chi connectivity index (χ0n) is 9.83. The van der Waals surface area contributed by atoms with Crippen LogP contribution in [0.5, 0.6) is 0 Å². The number of amides is 1. The zero-order chi connectivity index (χ0) is 13.2. The van der Waals surface area contributed by atoms with E-state index in [0.29, 0.717) is 20.9 Å². The molecule has 0 aliphatic rings. The van der Waals surface area contributed by atoms with Crippen molar-refractivity contribution in [2.45, 2.75) is 0 Å². The Labute approximate surface area is 113 Å². The molecule has 0 radical (unpaired) electrons. The van der Waals surface area contributed by atoms with Gasteiger partial charge in [0.15, 0.2) is 0 Å². The minimum absolute atomic E-state index is 0.242. The highest BCUT2D eigenvalue weighted by atomic mass is 32.1. The zero-order valence-corrected chi connectivity index (χ0v) is 10.6. The molecule has 0 saturated carbocycles. The number of aromatic nitrogens is 2. The number of carbonyl (C=O) groups excluding carboxylic acids is 1. The van der Waals surface area contributed by atoms with Gasteiger partial charge in [0.1, 0.15) is 15.2 Å². The fraction of sp³-hybridized carbons (Fsp3) is 0. The molecule has 0 fully saturated rings. The van der Waals surface area contributed by atoms with Crippen LogP contribution in [-0.4, -0.2) is 15.9 Å². The van der Waals surface area contributed by atoms with E-state index in [0.717, 1.165) is 5.69 Å². The number of nitrogen functional groups attached to an aromatic ring is 1. The first kappa shape index (κ1) is 11.6. The van der Waals surface area contributed by atoms with Crippen LogP contribution in [0.25, 0.3) is 10.3 Å². The third kappa shape index (κ3) is 2.13. The molecule has 0 atom stereocenters. The van der Waals surface area contributed by atoms with Gasteiger partial charge in [0.25, 0.3) is 5.91 Å². The van der Waals surface area contributed by atoms with E-state index >= 15 is 0 Å². The van der Waals surface area contributed by atoms with Crippen molar-refractivity contribution in [1.29, 1.82) is 0 Å². The first-order valence-electron chi connectivity index (χ1n) is 5.61. The molecule has 0 aliphatic heterocycles. The lowest BCUT2D eigenvalue weighted by Gasteiger charge is -2.03. The van der Waals surface area contributed by atoms with Crippen molar-refractivity contribution in [3.63, 3.8) is 0 Å². The lowest BCUT2D eigenvalue weighted by atomic mass is 10.3. The van der Waals surface area contributed by atoms with Crippen LogP contribution in [0, 0.1) is 0 Å². The monoisotopic (exact) mass is 270 g/mol. The summed E-state index contributed by atoms with van der Waals surface area (Å²) in [6, 6.07) is 9.23. The molecule has 1 amide bonds. The Morgan fingerprint density at radius 1 is 1.16 bits per heavy atom. The van der Waals surface area contributed by atoms with Gasteiger partial charge in [-0.15, -0.1) is 11.3 Å². The van der Waals surface area contributed by atoms with Gasteiger partial charge in [0.05, 0.1) is 5.69 Å². The second kappa shape index (κ2) is 4.66. The maximum Gasteiger partial charge on any atom is 0.268 e. The largest absolute Gasteiger partial charge is 0.396 e. The van der Waals surface area contributed by atoms with Crippen LogP contribution in [-0.2, 0) is 0 Å². The Morgan fingerprint density at radius 2 is 1.89 bits per heavy atom. The summed E-state index contributed by atoms with van der Waals surface area (Å²) in [6.45, 7) is 0. The number of hydrogen-bond acceptors (Lipinski definition) is 5. The van der Waals surface area contributed by atoms with Crippen LogP contribution in [0.3, 0.4) is 0 Å². The number of benzene rings is 1. The van der Waals surface area contributed by atoms with Crippen molar-refractivity contribution in [1.82, 2.24) is 9.97 Å². The summed E-state index contributed by atoms with van der Waals surface area (Å²) >= 11 is 1.24. The molecular formula is C13H10N4OS. The molecule has 0 bridgehead atoms. The van der Waals surface area contributed by atoms with Crippen molar-refractivity contribution in [3.8, 4) is 0 Å². The number of carbonyl (C=O) groups is 1. The number of nitrogens with zero attached hydrogens (tertiary/aromatic N) is 2. The van der Waals surface area contributed by atoms with Gasteiger partial charge >= 0.3 is 0 Å². The Morgan fingerprint density at radius 3 is 2.63 bits per heavy atom. The van der Waals surface area contributed by atoms with Gasteiger partial charge in [-0.3, -0.25) is 4.79 Å². The van der Waals surface area contributed by atoms with E-state index in [1.54, 1.807) is 12.4 Å². The summed E-state index contributed by atoms with van der Waals surface area (Å²) in [5, 5.41) is 2.80. The summed E-state index contributed by atoms with van der Waals surface area (Å²) < 4.78 is 0. The Hall–Kier alpha value is -2.47. The summed E-state index contributed by atoms with van der Waals surface area (Å²) in [7, 11) is 0. The van der Waals surface area contributed by atoms with Gasteiger partial charge in [-0.1, -0.05) is 18.2 Å². The molecule has 3 aromatic rings. The molecule has 0 unspecified atom stereocenters. The number of fused-ring (bicyclic) bond motifs is 1. The minimum atomic E-state index is -0.242. The SMILES string of the molecule is Nc1c(C(=O)Nc2ccccc2)sc2nccnc12. The molecule has 2 heterocycles. The van der Waals surface area contributed by atoms with Crippen LogP contribution in [0.1, 0.15) is 9.67 Å². The molecule has 3 rings (SSSR count). The third-order valence-corrected chi connectivity index (χ3v) is 3.70. The number of para-hydroxylation sites is 1. The number of nitrogens with two attached hydrogens (primary N) is 1. The fourth-order valence-corrected chi connectivity index (χ4v) is 2.64. The normalized spacial score (nSPS) is 10.5. The minimum Gasteiger partial charge on any atom is -0.396 e. The number of anilines is 2. The Balaban J connectivity index is 1.96. The second-order valence-electron chi connectivity index (χ2n) is 3.88. The van der Waals surface area contributed by atoms with Crippen LogP contribution in [0.2, 0.25) is 0 Å². The van der Waals surface area contributed by atoms with E-state index < -0.39 is 0 Å². The predicted molar refractivity (Wildman–Crippen MR) is 76.2 cm³/mol. The molecule has 0 aliphatic carbocycles. The summed E-state index contributed by atoms with van der Waals surface area (Å²) in [4.78, 5) is 21.6. The molecule has 1 aromatic carbocycles. The molecule has 3 N–H and O–H groups in total. The Kier molecular flexibility index (Phi) is 2.85. The molecule has 0 saturated heterocycles. The summed E-state index contributed by atoms with van der Waals surface area (Å²) in [5.41, 5.74) is 7.62. The van der Waals surface area contributed by atoms with Gasteiger partial charge in [0, 0.05) is 18.1 Å². The van der Waals surface area contributed by atoms with Crippen LogP contribution in [0.4, 0.5) is 11.4 Å². The first-order valence-corrected chi connectivity index (χ1v) is 6.43. The average Bonchev–Trinajstić information content (AvgIpc) is 2.78. The Bertz CT molecular complexity index is 739. The lowest BCUT2D eigenvalue weighted by Crippen LogP contribution is -2.11. The van der Waals surface area contributed by atoms with Gasteiger partial charge in [-0.05, 0) is 12.1 Å². The van der Waals surface area contributed by atoms with Crippen molar-refractivity contribution in [2.24, 2.45) is 0 Å². The molecular weight excluding hydrogens is 260 g/mol. The lowest BCUT2D eigenvalue weighted by molar-refractivity contribution is 0.103. The first-order chi connectivity index (χ1) is 9.25. The van der Waals surface area contributed by atoms with Crippen molar-refractivity contribution in [3.05, 3.63) is 47.6 Å². The van der Waals surface area contributed by atoms with Gasteiger partial charge in [-0.25, -0.2) is 9.97 Å². The van der Waals surface area contributed by atoms with Crippen LogP contribution in [0.15, 0.2) is 42.7 Å². The van der Waals surface area contributed by atoms with E-state index in [4.69, 9.17) is 5.73 Å². The number of thiophene rings is 1. The van der Waals surface area contributed by atoms with Gasteiger partial charge in [-0.2, -0.15) is 0 Å². The predicted octanol–water partition coefficient (Wildman–Crippen LogP) is 2.53. The van der Waals surface area contributed by atoms with Crippen LogP contribution >= 0.6 is 11.3 Å². The average molecular weight is 270 g/mol. The topological polar surface area (TPSA) is 80.9 Å². The molecule has 6 heteroatoms. The summed E-state index contributed by atoms with van der Waals surface area (Å²) in [6.07, 6.45) is 3.14. The van der Waals surface area contributed by atoms with E-state index in [1.807, 2.05) is 30.3 Å². The van der Waals surface area contributed by atoms with Gasteiger partial charge < -0.3 is 11.1 Å². The van der Waals surface area contributed by atoms with E-state index in [9.17, 15) is 4.79 Å². The highest BCUT2D eigenvalue weighted by Crippen LogP contribution is 2.30. The molecule has 0 spiro atoms. The number of hydrogen-bond donors (Lipinski definition) is 2. The second-order valence-corrected chi connectivity index (χ2v) is 4.87.